The third-order valence-electron chi connectivity index (χ3n) is 5.75. The van der Waals surface area contributed by atoms with Crippen LogP contribution in [0.3, 0.4) is 0 Å². The zero-order valence-electron chi connectivity index (χ0n) is 15.9. The van der Waals surface area contributed by atoms with E-state index in [0.29, 0.717) is 10.6 Å². The Morgan fingerprint density at radius 1 is 1.25 bits per heavy atom. The number of hydrogen-bond donors (Lipinski definition) is 1. The van der Waals surface area contributed by atoms with E-state index in [1.54, 1.807) is 31.2 Å². The average Bonchev–Trinajstić information content (AvgIpc) is 3.48. The summed E-state index contributed by atoms with van der Waals surface area (Å²) in [6.07, 6.45) is 8.15. The van der Waals surface area contributed by atoms with Gasteiger partial charge >= 0.3 is 6.03 Å². The Hall–Kier alpha value is -2.34. The molecule has 2 fully saturated rings. The smallest absolute Gasteiger partial charge is 0.319 e. The van der Waals surface area contributed by atoms with Crippen LogP contribution in [0.15, 0.2) is 36.0 Å². The molecule has 148 valence electrons. The maximum Gasteiger partial charge on any atom is 0.325 e. The molecule has 0 bridgehead atoms. The van der Waals surface area contributed by atoms with Crippen LogP contribution in [0.25, 0.3) is 0 Å². The van der Waals surface area contributed by atoms with Crippen molar-refractivity contribution in [1.82, 2.24) is 15.1 Å². The Kier molecular flexibility index (Phi) is 4.91. The van der Waals surface area contributed by atoms with Crippen LogP contribution in [0.2, 0.25) is 5.02 Å². The van der Waals surface area contributed by atoms with E-state index in [1.807, 2.05) is 4.90 Å². The van der Waals surface area contributed by atoms with Gasteiger partial charge in [0.25, 0.3) is 5.91 Å². The first-order chi connectivity index (χ1) is 13.4. The second kappa shape index (κ2) is 7.24. The number of carbonyl (C=O) groups is 3. The molecule has 1 aromatic rings. The Balaban J connectivity index is 1.53. The molecule has 1 aliphatic heterocycles. The summed E-state index contributed by atoms with van der Waals surface area (Å²) in [5.74, 6) is -0.596. The molecule has 2 aliphatic carbocycles. The van der Waals surface area contributed by atoms with E-state index in [2.05, 4.69) is 11.4 Å². The molecule has 1 N–H and O–H groups in total. The topological polar surface area (TPSA) is 69.7 Å². The Morgan fingerprint density at radius 3 is 2.57 bits per heavy atom. The summed E-state index contributed by atoms with van der Waals surface area (Å²) < 4.78 is 0. The van der Waals surface area contributed by atoms with Crippen molar-refractivity contribution in [2.45, 2.75) is 57.0 Å². The fraction of sp³-hybridized carbons (Fsp3) is 0.476. The fourth-order valence-corrected chi connectivity index (χ4v) is 4.13. The van der Waals surface area contributed by atoms with Crippen molar-refractivity contribution in [3.63, 3.8) is 0 Å². The highest BCUT2D eigenvalue weighted by atomic mass is 35.5. The monoisotopic (exact) mass is 401 g/mol. The van der Waals surface area contributed by atoms with Gasteiger partial charge in [-0.25, -0.2) is 4.79 Å². The van der Waals surface area contributed by atoms with Gasteiger partial charge in [0.1, 0.15) is 12.1 Å². The van der Waals surface area contributed by atoms with E-state index < -0.39 is 17.5 Å². The van der Waals surface area contributed by atoms with Gasteiger partial charge in [0.2, 0.25) is 5.91 Å². The average molecular weight is 402 g/mol. The summed E-state index contributed by atoms with van der Waals surface area (Å²) in [6, 6.07) is 6.47. The van der Waals surface area contributed by atoms with Crippen molar-refractivity contribution in [3.8, 4) is 0 Å². The zero-order valence-corrected chi connectivity index (χ0v) is 16.7. The van der Waals surface area contributed by atoms with E-state index in [1.165, 1.54) is 0 Å². The van der Waals surface area contributed by atoms with Crippen LogP contribution in [-0.2, 0) is 15.1 Å². The minimum Gasteiger partial charge on any atom is -0.319 e. The summed E-state index contributed by atoms with van der Waals surface area (Å²) in [5.41, 5.74) is 0.488. The SMILES string of the molecule is C[C@]1(c2ccc(Cl)cc2)NC(=O)N(CC(=O)N(C2=CCCCC2)C2CC2)C1=O. The highest BCUT2D eigenvalue weighted by Gasteiger charge is 2.50. The van der Waals surface area contributed by atoms with Gasteiger partial charge in [-0.05, 0) is 63.1 Å². The lowest BCUT2D eigenvalue weighted by Crippen LogP contribution is -2.45. The first-order valence-corrected chi connectivity index (χ1v) is 10.2. The summed E-state index contributed by atoms with van der Waals surface area (Å²) in [5, 5.41) is 3.30. The van der Waals surface area contributed by atoms with Crippen molar-refractivity contribution in [1.29, 1.82) is 0 Å². The van der Waals surface area contributed by atoms with Gasteiger partial charge in [-0.2, -0.15) is 0 Å². The minimum atomic E-state index is -1.20. The number of urea groups is 1. The van der Waals surface area contributed by atoms with Crippen LogP contribution in [-0.4, -0.2) is 40.2 Å². The molecule has 7 heteroatoms. The molecule has 6 nitrogen and oxygen atoms in total. The lowest BCUT2D eigenvalue weighted by Gasteiger charge is -2.29. The van der Waals surface area contributed by atoms with E-state index in [4.69, 9.17) is 11.6 Å². The Bertz CT molecular complexity index is 847. The number of allylic oxidation sites excluding steroid dienone is 2. The Morgan fingerprint density at radius 2 is 1.96 bits per heavy atom. The molecular weight excluding hydrogens is 378 g/mol. The number of nitrogens with one attached hydrogen (secondary N) is 1. The molecule has 1 aromatic carbocycles. The highest BCUT2D eigenvalue weighted by molar-refractivity contribution is 6.30. The van der Waals surface area contributed by atoms with Gasteiger partial charge in [-0.15, -0.1) is 0 Å². The van der Waals surface area contributed by atoms with Gasteiger partial charge < -0.3 is 10.2 Å². The van der Waals surface area contributed by atoms with E-state index >= 15 is 0 Å². The van der Waals surface area contributed by atoms with Gasteiger partial charge in [0, 0.05) is 16.8 Å². The Labute approximate surface area is 169 Å². The van der Waals surface area contributed by atoms with Gasteiger partial charge in [0.05, 0.1) is 0 Å². The van der Waals surface area contributed by atoms with Gasteiger partial charge in [0.15, 0.2) is 0 Å². The number of amides is 4. The molecule has 1 heterocycles. The fourth-order valence-electron chi connectivity index (χ4n) is 4.00. The predicted octanol–water partition coefficient (Wildman–Crippen LogP) is 3.56. The lowest BCUT2D eigenvalue weighted by atomic mass is 9.92. The van der Waals surface area contributed by atoms with Crippen molar-refractivity contribution >= 4 is 29.4 Å². The number of hydrogen-bond acceptors (Lipinski definition) is 3. The molecule has 0 radical (unpaired) electrons. The van der Waals surface area contributed by atoms with Crippen LogP contribution in [0.1, 0.15) is 51.0 Å². The first kappa shape index (κ1) is 19.0. The minimum absolute atomic E-state index is 0.181. The van der Waals surface area contributed by atoms with Crippen LogP contribution in [0.4, 0.5) is 4.79 Å². The number of carbonyl (C=O) groups excluding carboxylic acids is 3. The summed E-state index contributed by atoms with van der Waals surface area (Å²) >= 11 is 5.93. The molecule has 1 atom stereocenters. The van der Waals surface area contributed by atoms with Crippen molar-refractivity contribution in [3.05, 3.63) is 46.6 Å². The summed E-state index contributed by atoms with van der Waals surface area (Å²) in [6.45, 7) is 1.42. The normalized spacial score (nSPS) is 24.8. The van der Waals surface area contributed by atoms with E-state index in [0.717, 1.165) is 49.1 Å². The number of imide groups is 1. The third-order valence-corrected chi connectivity index (χ3v) is 6.00. The maximum absolute atomic E-state index is 13.1. The number of halogens is 1. The molecule has 4 rings (SSSR count). The first-order valence-electron chi connectivity index (χ1n) is 9.81. The highest BCUT2D eigenvalue weighted by Crippen LogP contribution is 2.35. The second-order valence-electron chi connectivity index (χ2n) is 7.89. The third kappa shape index (κ3) is 3.41. The number of rotatable bonds is 5. The molecule has 0 aromatic heterocycles. The number of nitrogens with zero attached hydrogens (tertiary/aromatic N) is 2. The molecular formula is C21H24ClN3O3. The van der Waals surface area contributed by atoms with E-state index in [9.17, 15) is 14.4 Å². The van der Waals surface area contributed by atoms with Crippen LogP contribution in [0, 0.1) is 0 Å². The number of benzene rings is 1. The quantitative estimate of drug-likeness (QED) is 0.767. The predicted molar refractivity (Wildman–Crippen MR) is 105 cm³/mol. The van der Waals surface area contributed by atoms with Crippen molar-refractivity contribution in [2.24, 2.45) is 0 Å². The lowest BCUT2D eigenvalue weighted by molar-refractivity contribution is -0.138. The summed E-state index contributed by atoms with van der Waals surface area (Å²) in [7, 11) is 0. The molecule has 0 unspecified atom stereocenters. The van der Waals surface area contributed by atoms with Crippen LogP contribution >= 0.6 is 11.6 Å². The van der Waals surface area contributed by atoms with Crippen LogP contribution < -0.4 is 5.32 Å². The molecule has 3 aliphatic rings. The molecule has 28 heavy (non-hydrogen) atoms. The standard InChI is InChI=1S/C21H24ClN3O3/c1-21(14-7-9-15(22)10-8-14)19(27)24(20(28)23-21)13-18(26)25(17-11-12-17)16-5-3-2-4-6-16/h5,7-10,17H,2-4,6,11-13H2,1H3,(H,23,28)/t21-/m1/s1. The van der Waals surface area contributed by atoms with Gasteiger partial charge in [-0.1, -0.05) is 29.8 Å². The largest absolute Gasteiger partial charge is 0.325 e. The molecule has 1 saturated heterocycles. The second-order valence-corrected chi connectivity index (χ2v) is 8.33. The zero-order chi connectivity index (χ0) is 19.9. The van der Waals surface area contributed by atoms with Crippen molar-refractivity contribution in [2.75, 3.05) is 6.54 Å². The molecule has 0 spiro atoms. The van der Waals surface area contributed by atoms with Crippen molar-refractivity contribution < 1.29 is 14.4 Å². The van der Waals surface area contributed by atoms with E-state index in [-0.39, 0.29) is 18.5 Å². The maximum atomic E-state index is 13.1. The summed E-state index contributed by atoms with van der Waals surface area (Å²) in [4.78, 5) is 41.5. The molecule has 1 saturated carbocycles. The van der Waals surface area contributed by atoms with Crippen LogP contribution in [0.5, 0.6) is 0 Å². The van der Waals surface area contributed by atoms with Gasteiger partial charge in [-0.3, -0.25) is 14.5 Å². The molecule has 4 amide bonds.